The zero-order chi connectivity index (χ0) is 12.1. The molecule has 1 nitrogen and oxygen atoms in total. The van der Waals surface area contributed by atoms with Crippen molar-refractivity contribution in [3.05, 3.63) is 29.3 Å². The van der Waals surface area contributed by atoms with Crippen LogP contribution in [0.3, 0.4) is 0 Å². The molecule has 90 valence electrons. The number of hydrogen-bond donors (Lipinski definition) is 1. The summed E-state index contributed by atoms with van der Waals surface area (Å²) < 4.78 is 0. The van der Waals surface area contributed by atoms with E-state index in [4.69, 9.17) is 0 Å². The van der Waals surface area contributed by atoms with Gasteiger partial charge in [-0.05, 0) is 50.6 Å². The van der Waals surface area contributed by atoms with Crippen LogP contribution in [0.25, 0.3) is 0 Å². The van der Waals surface area contributed by atoms with Crippen molar-refractivity contribution >= 4 is 12.6 Å². The number of aryl methyl sites for hydroxylation is 1. The number of hydrogen-bond acceptors (Lipinski definition) is 2. The van der Waals surface area contributed by atoms with Gasteiger partial charge in [-0.3, -0.25) is 0 Å². The van der Waals surface area contributed by atoms with Crippen LogP contribution in [-0.4, -0.2) is 24.0 Å². The van der Waals surface area contributed by atoms with Crippen molar-refractivity contribution in [2.45, 2.75) is 45.1 Å². The molecule has 0 N–H and O–H groups in total. The van der Waals surface area contributed by atoms with E-state index in [0.29, 0.717) is 6.04 Å². The molecule has 16 heavy (non-hydrogen) atoms. The molecule has 0 aliphatic heterocycles. The lowest BCUT2D eigenvalue weighted by Crippen LogP contribution is -2.34. The summed E-state index contributed by atoms with van der Waals surface area (Å²) in [6, 6.07) is 7.15. The molecule has 1 rings (SSSR count). The van der Waals surface area contributed by atoms with Gasteiger partial charge in [0.2, 0.25) is 0 Å². The number of benzene rings is 1. The number of thiol groups is 1. The molecule has 0 saturated carbocycles. The molecule has 0 amide bonds. The summed E-state index contributed by atoms with van der Waals surface area (Å²) in [5.41, 5.74) is 2.68. The fraction of sp³-hybridized carbons (Fsp3) is 0.571. The molecule has 0 spiro atoms. The Morgan fingerprint density at radius 3 is 2.38 bits per heavy atom. The highest BCUT2D eigenvalue weighted by Gasteiger charge is 2.10. The van der Waals surface area contributed by atoms with Crippen LogP contribution in [0.4, 0.5) is 0 Å². The molecule has 0 aliphatic rings. The van der Waals surface area contributed by atoms with Crippen molar-refractivity contribution in [2.24, 2.45) is 0 Å². The molecule has 0 radical (unpaired) electrons. The topological polar surface area (TPSA) is 3.24 Å². The van der Waals surface area contributed by atoms with E-state index < -0.39 is 0 Å². The molecule has 1 unspecified atom stereocenters. The highest BCUT2D eigenvalue weighted by molar-refractivity contribution is 7.80. The second-order valence-corrected chi connectivity index (χ2v) is 4.88. The lowest BCUT2D eigenvalue weighted by molar-refractivity contribution is 0.230. The zero-order valence-corrected chi connectivity index (χ0v) is 11.7. The van der Waals surface area contributed by atoms with E-state index in [-0.39, 0.29) is 0 Å². The molecule has 0 aliphatic carbocycles. The molecule has 1 aromatic carbocycles. The Kier molecular flexibility index (Phi) is 5.36. The molecule has 0 saturated heterocycles. The molecule has 1 atom stereocenters. The van der Waals surface area contributed by atoms with Gasteiger partial charge in [-0.2, -0.15) is 0 Å². The lowest BCUT2D eigenvalue weighted by Gasteiger charge is -2.26. The SMILES string of the molecule is CCN(CC)C(C)Cc1ccc(S)c(C)c1. The van der Waals surface area contributed by atoms with Gasteiger partial charge in [0.05, 0.1) is 0 Å². The van der Waals surface area contributed by atoms with Crippen LogP contribution in [0, 0.1) is 6.92 Å². The summed E-state index contributed by atoms with van der Waals surface area (Å²) in [5, 5.41) is 0. The first-order valence-corrected chi connectivity index (χ1v) is 6.55. The fourth-order valence-corrected chi connectivity index (χ4v) is 2.30. The van der Waals surface area contributed by atoms with Crippen molar-refractivity contribution < 1.29 is 0 Å². The van der Waals surface area contributed by atoms with Gasteiger partial charge in [0.25, 0.3) is 0 Å². The quantitative estimate of drug-likeness (QED) is 0.766. The summed E-state index contributed by atoms with van der Waals surface area (Å²) in [7, 11) is 0. The number of nitrogens with zero attached hydrogens (tertiary/aromatic N) is 1. The van der Waals surface area contributed by atoms with Crippen molar-refractivity contribution in [1.29, 1.82) is 0 Å². The minimum absolute atomic E-state index is 0.611. The van der Waals surface area contributed by atoms with E-state index >= 15 is 0 Å². The van der Waals surface area contributed by atoms with Gasteiger partial charge in [-0.1, -0.05) is 26.0 Å². The third-order valence-corrected chi connectivity index (χ3v) is 3.73. The fourth-order valence-electron chi connectivity index (χ4n) is 2.16. The Hall–Kier alpha value is -0.470. The maximum atomic E-state index is 4.40. The monoisotopic (exact) mass is 237 g/mol. The highest BCUT2D eigenvalue weighted by Crippen LogP contribution is 2.16. The van der Waals surface area contributed by atoms with Crippen molar-refractivity contribution in [1.82, 2.24) is 4.90 Å². The lowest BCUT2D eigenvalue weighted by atomic mass is 10.0. The van der Waals surface area contributed by atoms with Crippen LogP contribution in [0.2, 0.25) is 0 Å². The highest BCUT2D eigenvalue weighted by atomic mass is 32.1. The Morgan fingerprint density at radius 2 is 1.88 bits per heavy atom. The smallest absolute Gasteiger partial charge is 0.0107 e. The molecule has 0 bridgehead atoms. The first-order valence-electron chi connectivity index (χ1n) is 6.11. The average Bonchev–Trinajstić information content (AvgIpc) is 2.25. The van der Waals surface area contributed by atoms with Crippen molar-refractivity contribution in [2.75, 3.05) is 13.1 Å². The summed E-state index contributed by atoms with van der Waals surface area (Å²) in [4.78, 5) is 3.57. The third kappa shape index (κ3) is 3.53. The molecule has 0 aromatic heterocycles. The van der Waals surface area contributed by atoms with Crippen molar-refractivity contribution in [3.63, 3.8) is 0 Å². The minimum atomic E-state index is 0.611. The Morgan fingerprint density at radius 1 is 1.25 bits per heavy atom. The van der Waals surface area contributed by atoms with Gasteiger partial charge in [0.15, 0.2) is 0 Å². The number of likely N-dealkylation sites (N-methyl/N-ethyl adjacent to an activating group) is 1. The molecule has 0 fully saturated rings. The Labute approximate surface area is 105 Å². The second kappa shape index (κ2) is 6.31. The maximum absolute atomic E-state index is 4.40. The first kappa shape index (κ1) is 13.6. The van der Waals surface area contributed by atoms with Gasteiger partial charge in [0.1, 0.15) is 0 Å². The van der Waals surface area contributed by atoms with Crippen molar-refractivity contribution in [3.8, 4) is 0 Å². The van der Waals surface area contributed by atoms with E-state index in [0.717, 1.165) is 24.4 Å². The Balaban J connectivity index is 2.69. The van der Waals surface area contributed by atoms with Gasteiger partial charge in [-0.25, -0.2) is 0 Å². The molecular weight excluding hydrogens is 214 g/mol. The molecular formula is C14H23NS. The first-order chi connectivity index (χ1) is 7.58. The summed E-state index contributed by atoms with van der Waals surface area (Å²) >= 11 is 4.40. The van der Waals surface area contributed by atoms with Crippen LogP contribution < -0.4 is 0 Å². The van der Waals surface area contributed by atoms with Gasteiger partial charge < -0.3 is 4.90 Å². The molecule has 1 aromatic rings. The van der Waals surface area contributed by atoms with E-state index in [1.165, 1.54) is 11.1 Å². The van der Waals surface area contributed by atoms with E-state index in [9.17, 15) is 0 Å². The second-order valence-electron chi connectivity index (χ2n) is 4.40. The standard InChI is InChI=1S/C14H23NS/c1-5-15(6-2)12(4)10-13-7-8-14(16)11(3)9-13/h7-9,12,16H,5-6,10H2,1-4H3. The van der Waals surface area contributed by atoms with Crippen LogP contribution in [0.5, 0.6) is 0 Å². The summed E-state index contributed by atoms with van der Waals surface area (Å²) in [6.45, 7) is 11.1. The van der Waals surface area contributed by atoms with Gasteiger partial charge in [-0.15, -0.1) is 12.6 Å². The van der Waals surface area contributed by atoms with Crippen LogP contribution >= 0.6 is 12.6 Å². The summed E-state index contributed by atoms with van der Waals surface area (Å²) in [6.07, 6.45) is 1.12. The van der Waals surface area contributed by atoms with Crippen LogP contribution in [0.1, 0.15) is 31.9 Å². The van der Waals surface area contributed by atoms with Gasteiger partial charge in [0, 0.05) is 10.9 Å². The molecule has 2 heteroatoms. The third-order valence-electron chi connectivity index (χ3n) is 3.23. The normalized spacial score (nSPS) is 13.1. The van der Waals surface area contributed by atoms with Crippen LogP contribution in [0.15, 0.2) is 23.1 Å². The number of rotatable bonds is 5. The predicted molar refractivity (Wildman–Crippen MR) is 74.5 cm³/mol. The maximum Gasteiger partial charge on any atom is 0.0107 e. The van der Waals surface area contributed by atoms with Crippen LogP contribution in [-0.2, 0) is 6.42 Å². The molecule has 0 heterocycles. The minimum Gasteiger partial charge on any atom is -0.301 e. The Bertz CT molecular complexity index is 332. The average molecular weight is 237 g/mol. The zero-order valence-electron chi connectivity index (χ0n) is 10.8. The van der Waals surface area contributed by atoms with E-state index in [1.807, 2.05) is 0 Å². The predicted octanol–water partition coefficient (Wildman–Crippen LogP) is 3.56. The summed E-state index contributed by atoms with van der Waals surface area (Å²) in [5.74, 6) is 0. The largest absolute Gasteiger partial charge is 0.301 e. The van der Waals surface area contributed by atoms with Gasteiger partial charge >= 0.3 is 0 Å². The van der Waals surface area contributed by atoms with E-state index in [1.54, 1.807) is 0 Å². The van der Waals surface area contributed by atoms with E-state index in [2.05, 4.69) is 63.4 Å².